The molecule has 1 fully saturated rings. The maximum absolute atomic E-state index is 15.2. The van der Waals surface area contributed by atoms with Crippen molar-refractivity contribution in [3.63, 3.8) is 0 Å². The molecule has 4 heterocycles. The van der Waals surface area contributed by atoms with Gasteiger partial charge in [-0.1, -0.05) is 11.6 Å². The third kappa shape index (κ3) is 4.98. The lowest BCUT2D eigenvalue weighted by atomic mass is 10.1. The zero-order valence-electron chi connectivity index (χ0n) is 19.9. The molecular weight excluding hydrogens is 497 g/mol. The number of aryl methyl sites for hydroxylation is 1. The summed E-state index contributed by atoms with van der Waals surface area (Å²) in [4.78, 5) is 13.2. The smallest absolute Gasteiger partial charge is 0.214 e. The monoisotopic (exact) mass is 519 g/mol. The molecule has 0 spiro atoms. The average Bonchev–Trinajstić information content (AvgIpc) is 3.27. The van der Waals surface area contributed by atoms with Gasteiger partial charge in [0.25, 0.3) is 0 Å². The molecule has 1 saturated heterocycles. The zero-order chi connectivity index (χ0) is 25.4. The van der Waals surface area contributed by atoms with Gasteiger partial charge >= 0.3 is 0 Å². The predicted molar refractivity (Wildman–Crippen MR) is 139 cm³/mol. The van der Waals surface area contributed by atoms with E-state index in [4.69, 9.17) is 21.1 Å². The molecule has 188 valence electrons. The second-order valence-corrected chi connectivity index (χ2v) is 9.23. The normalized spacial score (nSPS) is 14.2. The third-order valence-electron chi connectivity index (χ3n) is 6.13. The van der Waals surface area contributed by atoms with E-state index in [2.05, 4.69) is 30.7 Å². The number of nitrogens with one attached hydrogen (secondary N) is 2. The molecule has 37 heavy (non-hydrogen) atoms. The van der Waals surface area contributed by atoms with Gasteiger partial charge in [0, 0.05) is 36.8 Å². The Morgan fingerprint density at radius 3 is 2.81 bits per heavy atom. The number of aromatic nitrogens is 5. The summed E-state index contributed by atoms with van der Waals surface area (Å²) in [6.07, 6.45) is 5.20. The minimum Gasteiger partial charge on any atom is -0.474 e. The van der Waals surface area contributed by atoms with Crippen LogP contribution in [0, 0.1) is 5.82 Å². The molecule has 0 bridgehead atoms. The summed E-state index contributed by atoms with van der Waals surface area (Å²) < 4.78 is 28.8. The summed E-state index contributed by atoms with van der Waals surface area (Å²) in [5.41, 5.74) is 1.96. The van der Waals surface area contributed by atoms with Gasteiger partial charge in [-0.15, -0.1) is 0 Å². The van der Waals surface area contributed by atoms with Gasteiger partial charge in [0.05, 0.1) is 21.7 Å². The number of hydrogen-bond donors (Lipinski definition) is 2. The number of halogens is 2. The first-order valence-electron chi connectivity index (χ1n) is 11.9. The molecule has 1 aliphatic heterocycles. The first-order chi connectivity index (χ1) is 18.0. The fraction of sp³-hybridized carbons (Fsp3) is 0.231. The van der Waals surface area contributed by atoms with Crippen molar-refractivity contribution in [1.82, 2.24) is 30.0 Å². The van der Waals surface area contributed by atoms with Crippen molar-refractivity contribution in [1.29, 1.82) is 0 Å². The van der Waals surface area contributed by atoms with Crippen LogP contribution in [-0.2, 0) is 7.05 Å². The van der Waals surface area contributed by atoms with Crippen molar-refractivity contribution >= 4 is 45.0 Å². The van der Waals surface area contributed by atoms with Crippen LogP contribution < -0.4 is 20.1 Å². The molecular formula is C26H23ClFN7O2. The standard InChI is InChI=1S/C26H23ClFN7O2/c1-35-13-15-2-3-17(10-21(15)34-35)36-23-12-19(28)22(11-18(23)27)32-26-25-20(30-14-31-26)4-5-24(33-25)37-16-6-8-29-9-7-16/h2-5,10-14,16,29H,6-9H2,1H3,(H,30,31,32). The number of ether oxygens (including phenoxy) is 2. The summed E-state index contributed by atoms with van der Waals surface area (Å²) in [5.74, 6) is 0.936. The fourth-order valence-corrected chi connectivity index (χ4v) is 4.51. The Morgan fingerprint density at radius 1 is 1.08 bits per heavy atom. The number of piperidine rings is 1. The SMILES string of the molecule is Cn1cc2ccc(Oc3cc(F)c(Nc4ncnc5ccc(OC6CCNCC6)nc45)cc3Cl)cc2n1. The zero-order valence-corrected chi connectivity index (χ0v) is 20.7. The Morgan fingerprint density at radius 2 is 1.95 bits per heavy atom. The number of nitrogens with zero attached hydrogens (tertiary/aromatic N) is 5. The summed E-state index contributed by atoms with van der Waals surface area (Å²) in [6.45, 7) is 1.82. The minimum absolute atomic E-state index is 0.0921. The topological polar surface area (TPSA) is 99.0 Å². The lowest BCUT2D eigenvalue weighted by Crippen LogP contribution is -2.34. The summed E-state index contributed by atoms with van der Waals surface area (Å²) in [7, 11) is 1.84. The van der Waals surface area contributed by atoms with Crippen molar-refractivity contribution in [2.75, 3.05) is 18.4 Å². The molecule has 1 aliphatic rings. The van der Waals surface area contributed by atoms with Crippen LogP contribution in [0.3, 0.4) is 0 Å². The van der Waals surface area contributed by atoms with Crippen molar-refractivity contribution < 1.29 is 13.9 Å². The number of benzene rings is 2. The molecule has 0 amide bonds. The maximum atomic E-state index is 15.2. The van der Waals surface area contributed by atoms with Gasteiger partial charge in [0.15, 0.2) is 5.82 Å². The molecule has 5 aromatic rings. The van der Waals surface area contributed by atoms with E-state index in [0.717, 1.165) is 36.8 Å². The molecule has 0 radical (unpaired) electrons. The number of anilines is 2. The number of fused-ring (bicyclic) bond motifs is 2. The van der Waals surface area contributed by atoms with Crippen molar-refractivity contribution in [2.45, 2.75) is 18.9 Å². The van der Waals surface area contributed by atoms with Gasteiger partial charge in [-0.25, -0.2) is 19.3 Å². The van der Waals surface area contributed by atoms with Crippen LogP contribution in [-0.4, -0.2) is 43.9 Å². The Labute approximate surface area is 216 Å². The van der Waals surface area contributed by atoms with Gasteiger partial charge in [-0.3, -0.25) is 4.68 Å². The van der Waals surface area contributed by atoms with E-state index in [1.54, 1.807) is 22.9 Å². The quantitative estimate of drug-likeness (QED) is 0.309. The average molecular weight is 520 g/mol. The minimum atomic E-state index is -0.563. The summed E-state index contributed by atoms with van der Waals surface area (Å²) >= 11 is 6.47. The van der Waals surface area contributed by atoms with Gasteiger partial charge in [-0.05, 0) is 50.2 Å². The van der Waals surface area contributed by atoms with Gasteiger partial charge in [-0.2, -0.15) is 5.10 Å². The van der Waals surface area contributed by atoms with Gasteiger partial charge in [0.1, 0.15) is 35.3 Å². The molecule has 0 unspecified atom stereocenters. The highest BCUT2D eigenvalue weighted by Gasteiger charge is 2.17. The first kappa shape index (κ1) is 23.4. The Kier molecular flexibility index (Phi) is 6.19. The van der Waals surface area contributed by atoms with E-state index < -0.39 is 5.82 Å². The molecule has 2 aromatic carbocycles. The van der Waals surface area contributed by atoms with E-state index in [0.29, 0.717) is 28.5 Å². The molecule has 2 N–H and O–H groups in total. The fourth-order valence-electron chi connectivity index (χ4n) is 4.30. The highest BCUT2D eigenvalue weighted by atomic mass is 35.5. The van der Waals surface area contributed by atoms with E-state index in [9.17, 15) is 0 Å². The summed E-state index contributed by atoms with van der Waals surface area (Å²) in [6, 6.07) is 11.7. The number of hydrogen-bond acceptors (Lipinski definition) is 8. The lowest BCUT2D eigenvalue weighted by molar-refractivity contribution is 0.156. The van der Waals surface area contributed by atoms with E-state index in [1.165, 1.54) is 18.5 Å². The lowest BCUT2D eigenvalue weighted by Gasteiger charge is -2.23. The highest BCUT2D eigenvalue weighted by Crippen LogP contribution is 2.36. The van der Waals surface area contributed by atoms with E-state index >= 15 is 4.39 Å². The van der Waals surface area contributed by atoms with Gasteiger partial charge < -0.3 is 20.1 Å². The van der Waals surface area contributed by atoms with Crippen molar-refractivity contribution in [2.24, 2.45) is 7.05 Å². The van der Waals surface area contributed by atoms with Gasteiger partial charge in [0.2, 0.25) is 5.88 Å². The van der Waals surface area contributed by atoms with E-state index in [-0.39, 0.29) is 22.6 Å². The van der Waals surface area contributed by atoms with Crippen LogP contribution in [0.2, 0.25) is 5.02 Å². The van der Waals surface area contributed by atoms with Crippen molar-refractivity contribution in [3.05, 3.63) is 65.8 Å². The third-order valence-corrected chi connectivity index (χ3v) is 6.42. The second kappa shape index (κ2) is 9.79. The Bertz CT molecular complexity index is 1600. The Balaban J connectivity index is 1.25. The highest BCUT2D eigenvalue weighted by molar-refractivity contribution is 6.32. The first-order valence-corrected chi connectivity index (χ1v) is 12.3. The molecule has 6 rings (SSSR count). The number of pyridine rings is 1. The second-order valence-electron chi connectivity index (χ2n) is 8.82. The molecule has 0 saturated carbocycles. The number of rotatable bonds is 6. The van der Waals surface area contributed by atoms with Crippen LogP contribution in [0.25, 0.3) is 21.9 Å². The molecule has 0 atom stereocenters. The molecule has 0 aliphatic carbocycles. The predicted octanol–water partition coefficient (Wildman–Crippen LogP) is 5.37. The molecule has 11 heteroatoms. The molecule has 9 nitrogen and oxygen atoms in total. The molecule has 3 aromatic heterocycles. The van der Waals surface area contributed by atoms with Crippen LogP contribution in [0.5, 0.6) is 17.4 Å². The largest absolute Gasteiger partial charge is 0.474 e. The van der Waals surface area contributed by atoms with Crippen LogP contribution in [0.1, 0.15) is 12.8 Å². The summed E-state index contributed by atoms with van der Waals surface area (Å²) in [5, 5.41) is 11.9. The van der Waals surface area contributed by atoms with E-state index in [1.807, 2.05) is 25.4 Å². The maximum Gasteiger partial charge on any atom is 0.214 e. The van der Waals surface area contributed by atoms with Crippen LogP contribution in [0.15, 0.2) is 55.0 Å². The Hall–Kier alpha value is -4.02. The van der Waals surface area contributed by atoms with Crippen LogP contribution >= 0.6 is 11.6 Å². The van der Waals surface area contributed by atoms with Crippen LogP contribution in [0.4, 0.5) is 15.9 Å². The van der Waals surface area contributed by atoms with Crippen molar-refractivity contribution in [3.8, 4) is 17.4 Å².